The number of nitrogens with one attached hydrogen (secondary N) is 2. The van der Waals surface area contributed by atoms with Crippen LogP contribution >= 0.6 is 0 Å². The molecule has 0 aromatic carbocycles. The average Bonchev–Trinajstić information content (AvgIpc) is 2.38. The molecule has 0 bridgehead atoms. The maximum Gasteiger partial charge on any atom is 0.0699 e. The highest BCUT2D eigenvalue weighted by Gasteiger charge is 2.38. The molecule has 1 atom stereocenters. The van der Waals surface area contributed by atoms with E-state index < -0.39 is 0 Å². The topological polar surface area (TPSA) is 24.1 Å². The fourth-order valence-electron chi connectivity index (χ4n) is 1.60. The van der Waals surface area contributed by atoms with Crippen LogP contribution in [-0.4, -0.2) is 18.8 Å². The van der Waals surface area contributed by atoms with E-state index in [1.165, 1.54) is 32.4 Å². The van der Waals surface area contributed by atoms with Gasteiger partial charge in [-0.25, -0.2) is 0 Å². The molecule has 2 heteroatoms. The van der Waals surface area contributed by atoms with E-state index in [2.05, 4.69) is 10.6 Å². The highest BCUT2D eigenvalue weighted by Crippen LogP contribution is 2.25. The molecule has 10 heavy (non-hydrogen) atoms. The lowest BCUT2D eigenvalue weighted by Crippen LogP contribution is -2.62. The fourth-order valence-corrected chi connectivity index (χ4v) is 1.60. The maximum atomic E-state index is 3.46. The van der Waals surface area contributed by atoms with Crippen LogP contribution in [0, 0.1) is 0 Å². The highest BCUT2D eigenvalue weighted by molar-refractivity contribution is 4.97. The Kier molecular flexibility index (Phi) is 2.69. The van der Waals surface area contributed by atoms with Gasteiger partial charge in [-0.1, -0.05) is 13.8 Å². The van der Waals surface area contributed by atoms with Crippen molar-refractivity contribution in [1.29, 1.82) is 0 Å². The Bertz CT molecular complexity index is 89.4. The molecular formula is C8H18N2. The summed E-state index contributed by atoms with van der Waals surface area (Å²) in [4.78, 5) is 0. The lowest BCUT2D eigenvalue weighted by Gasteiger charge is -2.40. The van der Waals surface area contributed by atoms with Crippen LogP contribution in [0.2, 0.25) is 0 Å². The van der Waals surface area contributed by atoms with E-state index in [1.807, 2.05) is 13.8 Å². The van der Waals surface area contributed by atoms with Crippen LogP contribution in [0.3, 0.4) is 0 Å². The lowest BCUT2D eigenvalue weighted by molar-refractivity contribution is 0.185. The third kappa shape index (κ3) is 1.32. The van der Waals surface area contributed by atoms with Crippen molar-refractivity contribution in [3.8, 4) is 0 Å². The minimum Gasteiger partial charge on any atom is -0.299 e. The summed E-state index contributed by atoms with van der Waals surface area (Å²) in [5.41, 5.74) is 0.417. The molecule has 2 rings (SSSR count). The van der Waals surface area contributed by atoms with Crippen molar-refractivity contribution in [2.75, 3.05) is 13.1 Å². The summed E-state index contributed by atoms with van der Waals surface area (Å²) in [5.74, 6) is 0. The zero-order valence-corrected chi connectivity index (χ0v) is 7.04. The largest absolute Gasteiger partial charge is 0.299 e. The summed E-state index contributed by atoms with van der Waals surface area (Å²) in [6.45, 7) is 6.43. The summed E-state index contributed by atoms with van der Waals surface area (Å²) in [6.07, 6.45) is 4.03. The molecule has 60 valence electrons. The molecule has 2 N–H and O–H groups in total. The van der Waals surface area contributed by atoms with Crippen molar-refractivity contribution in [3.63, 3.8) is 0 Å². The summed E-state index contributed by atoms with van der Waals surface area (Å²) in [6, 6.07) is 0. The van der Waals surface area contributed by atoms with E-state index in [0.29, 0.717) is 5.66 Å². The molecular weight excluding hydrogens is 124 g/mol. The van der Waals surface area contributed by atoms with Gasteiger partial charge in [0.1, 0.15) is 0 Å². The van der Waals surface area contributed by atoms with Gasteiger partial charge in [0.15, 0.2) is 0 Å². The van der Waals surface area contributed by atoms with Crippen LogP contribution in [0.4, 0.5) is 0 Å². The van der Waals surface area contributed by atoms with Crippen molar-refractivity contribution in [3.05, 3.63) is 0 Å². The first-order valence-electron chi connectivity index (χ1n) is 4.41. The van der Waals surface area contributed by atoms with Crippen LogP contribution in [0.1, 0.15) is 33.1 Å². The van der Waals surface area contributed by atoms with E-state index in [1.54, 1.807) is 0 Å². The van der Waals surface area contributed by atoms with Gasteiger partial charge in [0, 0.05) is 0 Å². The number of rotatable bonds is 0. The molecule has 2 aliphatic rings. The zero-order chi connectivity index (χ0) is 7.45. The van der Waals surface area contributed by atoms with Gasteiger partial charge < -0.3 is 0 Å². The predicted molar refractivity (Wildman–Crippen MR) is 43.9 cm³/mol. The van der Waals surface area contributed by atoms with E-state index in [0.717, 1.165) is 0 Å². The van der Waals surface area contributed by atoms with Gasteiger partial charge in [-0.05, 0) is 32.4 Å². The average molecular weight is 142 g/mol. The van der Waals surface area contributed by atoms with Crippen molar-refractivity contribution in [2.24, 2.45) is 0 Å². The standard InChI is InChI=1S/C6H12N2.C2H6/c1-2-6(7-4-1)3-5-8-6;1-2/h7-8H,1-5H2;1-2H3. The number of hydrogen-bond acceptors (Lipinski definition) is 2. The van der Waals surface area contributed by atoms with Crippen molar-refractivity contribution in [1.82, 2.24) is 10.6 Å². The van der Waals surface area contributed by atoms with Crippen LogP contribution in [0.5, 0.6) is 0 Å². The summed E-state index contributed by atoms with van der Waals surface area (Å²) in [5, 5.41) is 6.87. The molecule has 0 aliphatic carbocycles. The molecule has 1 unspecified atom stereocenters. The summed E-state index contributed by atoms with van der Waals surface area (Å²) >= 11 is 0. The minimum atomic E-state index is 0.417. The van der Waals surface area contributed by atoms with E-state index in [-0.39, 0.29) is 0 Å². The third-order valence-corrected chi connectivity index (χ3v) is 2.26. The molecule has 0 amide bonds. The molecule has 0 radical (unpaired) electrons. The van der Waals surface area contributed by atoms with Crippen LogP contribution in [-0.2, 0) is 0 Å². The molecule has 2 saturated heterocycles. The maximum absolute atomic E-state index is 3.46. The van der Waals surface area contributed by atoms with Gasteiger partial charge in [-0.3, -0.25) is 10.6 Å². The predicted octanol–water partition coefficient (Wildman–Crippen LogP) is 1.09. The van der Waals surface area contributed by atoms with Gasteiger partial charge in [0.25, 0.3) is 0 Å². The SMILES string of the molecule is C1CNC2(C1)CCN2.CC. The second-order valence-electron chi connectivity index (χ2n) is 2.79. The molecule has 2 heterocycles. The second kappa shape index (κ2) is 3.35. The molecule has 0 saturated carbocycles. The third-order valence-electron chi connectivity index (χ3n) is 2.26. The Hall–Kier alpha value is -0.0800. The van der Waals surface area contributed by atoms with Crippen molar-refractivity contribution >= 4 is 0 Å². The monoisotopic (exact) mass is 142 g/mol. The summed E-state index contributed by atoms with van der Waals surface area (Å²) in [7, 11) is 0. The minimum absolute atomic E-state index is 0.417. The van der Waals surface area contributed by atoms with Crippen LogP contribution in [0.25, 0.3) is 0 Å². The molecule has 0 aromatic rings. The van der Waals surface area contributed by atoms with Crippen LogP contribution in [0.15, 0.2) is 0 Å². The Morgan fingerprint density at radius 2 is 1.70 bits per heavy atom. The first-order valence-corrected chi connectivity index (χ1v) is 4.41. The fraction of sp³-hybridized carbons (Fsp3) is 1.00. The van der Waals surface area contributed by atoms with Crippen LogP contribution < -0.4 is 10.6 Å². The molecule has 2 aliphatic heterocycles. The quantitative estimate of drug-likeness (QED) is 0.529. The molecule has 2 fully saturated rings. The molecule has 0 aromatic heterocycles. The highest BCUT2D eigenvalue weighted by atomic mass is 15.3. The first-order chi connectivity index (χ1) is 4.91. The Morgan fingerprint density at radius 1 is 1.00 bits per heavy atom. The first kappa shape index (κ1) is 8.02. The summed E-state index contributed by atoms with van der Waals surface area (Å²) < 4.78 is 0. The second-order valence-corrected chi connectivity index (χ2v) is 2.79. The zero-order valence-electron chi connectivity index (χ0n) is 7.04. The molecule has 2 nitrogen and oxygen atoms in total. The molecule has 1 spiro atoms. The van der Waals surface area contributed by atoms with E-state index >= 15 is 0 Å². The van der Waals surface area contributed by atoms with Gasteiger partial charge in [0.05, 0.1) is 5.66 Å². The Labute approximate surface area is 63.4 Å². The van der Waals surface area contributed by atoms with E-state index in [9.17, 15) is 0 Å². The lowest BCUT2D eigenvalue weighted by atomic mass is 9.97. The van der Waals surface area contributed by atoms with Gasteiger partial charge in [0.2, 0.25) is 0 Å². The van der Waals surface area contributed by atoms with E-state index in [4.69, 9.17) is 0 Å². The van der Waals surface area contributed by atoms with Gasteiger partial charge in [-0.15, -0.1) is 0 Å². The van der Waals surface area contributed by atoms with Crippen molar-refractivity contribution in [2.45, 2.75) is 38.8 Å². The van der Waals surface area contributed by atoms with Crippen molar-refractivity contribution < 1.29 is 0 Å². The Morgan fingerprint density at radius 3 is 1.90 bits per heavy atom. The normalized spacial score (nSPS) is 36.6. The Balaban J connectivity index is 0.000000231. The van der Waals surface area contributed by atoms with Gasteiger partial charge in [-0.2, -0.15) is 0 Å². The van der Waals surface area contributed by atoms with Gasteiger partial charge >= 0.3 is 0 Å². The number of hydrogen-bond donors (Lipinski definition) is 2. The smallest absolute Gasteiger partial charge is 0.0699 e.